The first-order valence-corrected chi connectivity index (χ1v) is 7.64. The van der Waals surface area contributed by atoms with Crippen LogP contribution < -0.4 is 10.6 Å². The molecule has 1 aliphatic heterocycles. The van der Waals surface area contributed by atoms with E-state index >= 15 is 0 Å². The van der Waals surface area contributed by atoms with Crippen molar-refractivity contribution in [1.29, 1.82) is 0 Å². The van der Waals surface area contributed by atoms with Gasteiger partial charge in [-0.05, 0) is 30.9 Å². The maximum absolute atomic E-state index is 12.0. The minimum Gasteiger partial charge on any atom is -0.378 e. The number of nitrogens with one attached hydrogen (secondary N) is 2. The number of hydrogen-bond donors (Lipinski definition) is 2. The molecule has 0 aromatic carbocycles. The summed E-state index contributed by atoms with van der Waals surface area (Å²) in [6.07, 6.45) is 4.76. The number of amides is 2. The Morgan fingerprint density at radius 1 is 1.48 bits per heavy atom. The van der Waals surface area contributed by atoms with E-state index in [0.29, 0.717) is 18.4 Å². The first-order chi connectivity index (χ1) is 10.1. The number of carbonyl (C=O) groups is 1. The van der Waals surface area contributed by atoms with Crippen molar-refractivity contribution in [2.24, 2.45) is 11.8 Å². The Bertz CT molecular complexity index is 450. The predicted molar refractivity (Wildman–Crippen MR) is 81.9 cm³/mol. The summed E-state index contributed by atoms with van der Waals surface area (Å²) >= 11 is 0. The van der Waals surface area contributed by atoms with Crippen LogP contribution in [0.2, 0.25) is 0 Å². The summed E-state index contributed by atoms with van der Waals surface area (Å²) in [4.78, 5) is 16.0. The molecule has 1 fully saturated rings. The standard InChI is InChI=1S/C16H25N3O2/c1-11(2)15-14(6-8-21-15)10-18-16(20)19-12(3)13-5-4-7-17-9-13/h4-5,7,9,11-12,14-15H,6,8,10H2,1-3H3,(H2,18,19,20)/t12-,14+,15-/m0/s1. The van der Waals surface area contributed by atoms with E-state index in [-0.39, 0.29) is 18.2 Å². The van der Waals surface area contributed by atoms with E-state index < -0.39 is 0 Å². The van der Waals surface area contributed by atoms with Crippen LogP contribution in [0.1, 0.15) is 38.8 Å². The molecule has 5 heteroatoms. The third kappa shape index (κ3) is 4.43. The first-order valence-electron chi connectivity index (χ1n) is 7.64. The molecule has 0 aliphatic carbocycles. The fourth-order valence-corrected chi connectivity index (χ4v) is 2.80. The van der Waals surface area contributed by atoms with Crippen molar-refractivity contribution < 1.29 is 9.53 Å². The van der Waals surface area contributed by atoms with E-state index in [1.165, 1.54) is 0 Å². The highest BCUT2D eigenvalue weighted by Crippen LogP contribution is 2.26. The lowest BCUT2D eigenvalue weighted by atomic mass is 9.93. The molecule has 0 saturated carbocycles. The van der Waals surface area contributed by atoms with Crippen LogP contribution in [0, 0.1) is 11.8 Å². The second-order valence-corrected chi connectivity index (χ2v) is 5.99. The van der Waals surface area contributed by atoms with Crippen LogP contribution in [-0.4, -0.2) is 30.3 Å². The van der Waals surface area contributed by atoms with Crippen LogP contribution >= 0.6 is 0 Å². The van der Waals surface area contributed by atoms with Gasteiger partial charge in [-0.3, -0.25) is 4.98 Å². The summed E-state index contributed by atoms with van der Waals surface area (Å²) in [6, 6.07) is 3.63. The number of rotatable bonds is 5. The molecule has 3 atom stereocenters. The van der Waals surface area contributed by atoms with E-state index in [4.69, 9.17) is 4.74 Å². The molecule has 0 radical (unpaired) electrons. The maximum atomic E-state index is 12.0. The van der Waals surface area contributed by atoms with Gasteiger partial charge in [-0.1, -0.05) is 19.9 Å². The first kappa shape index (κ1) is 15.8. The maximum Gasteiger partial charge on any atom is 0.315 e. The van der Waals surface area contributed by atoms with E-state index in [1.54, 1.807) is 12.4 Å². The topological polar surface area (TPSA) is 63.2 Å². The third-order valence-corrected chi connectivity index (χ3v) is 3.98. The van der Waals surface area contributed by atoms with Gasteiger partial charge in [-0.25, -0.2) is 4.79 Å². The fraction of sp³-hybridized carbons (Fsp3) is 0.625. The van der Waals surface area contributed by atoms with Crippen LogP contribution in [-0.2, 0) is 4.74 Å². The second-order valence-electron chi connectivity index (χ2n) is 5.99. The van der Waals surface area contributed by atoms with Gasteiger partial charge in [0, 0.05) is 31.5 Å². The Kier molecular flexibility index (Phi) is 5.56. The van der Waals surface area contributed by atoms with E-state index in [9.17, 15) is 4.79 Å². The largest absolute Gasteiger partial charge is 0.378 e. The molecule has 1 aromatic heterocycles. The molecule has 1 aromatic rings. The lowest BCUT2D eigenvalue weighted by molar-refractivity contribution is 0.0545. The zero-order valence-electron chi connectivity index (χ0n) is 13.0. The van der Waals surface area contributed by atoms with Crippen LogP contribution in [0.3, 0.4) is 0 Å². The van der Waals surface area contributed by atoms with Crippen molar-refractivity contribution in [3.63, 3.8) is 0 Å². The lowest BCUT2D eigenvalue weighted by Gasteiger charge is -2.23. The monoisotopic (exact) mass is 291 g/mol. The Balaban J connectivity index is 1.77. The van der Waals surface area contributed by atoms with Crippen molar-refractivity contribution in [2.45, 2.75) is 39.3 Å². The SMILES string of the molecule is CC(C)[C@@H]1OCC[C@@H]1CNC(=O)N[C@@H](C)c1cccnc1. The van der Waals surface area contributed by atoms with Crippen molar-refractivity contribution in [2.75, 3.05) is 13.2 Å². The summed E-state index contributed by atoms with van der Waals surface area (Å²) in [5.74, 6) is 0.890. The van der Waals surface area contributed by atoms with Gasteiger partial charge in [0.25, 0.3) is 0 Å². The number of hydrogen-bond acceptors (Lipinski definition) is 3. The van der Waals surface area contributed by atoms with Gasteiger partial charge in [0.2, 0.25) is 0 Å². The van der Waals surface area contributed by atoms with E-state index in [2.05, 4.69) is 29.5 Å². The summed E-state index contributed by atoms with van der Waals surface area (Å²) in [6.45, 7) is 7.73. The lowest BCUT2D eigenvalue weighted by Crippen LogP contribution is -2.41. The number of pyridine rings is 1. The number of nitrogens with zero attached hydrogens (tertiary/aromatic N) is 1. The highest BCUT2D eigenvalue weighted by Gasteiger charge is 2.30. The van der Waals surface area contributed by atoms with E-state index in [0.717, 1.165) is 18.6 Å². The fourth-order valence-electron chi connectivity index (χ4n) is 2.80. The van der Waals surface area contributed by atoms with Crippen LogP contribution in [0.15, 0.2) is 24.5 Å². The molecular weight excluding hydrogens is 266 g/mol. The zero-order valence-corrected chi connectivity index (χ0v) is 13.0. The Morgan fingerprint density at radius 3 is 2.95 bits per heavy atom. The molecular formula is C16H25N3O2. The summed E-state index contributed by atoms with van der Waals surface area (Å²) in [5, 5.41) is 5.89. The van der Waals surface area contributed by atoms with Gasteiger partial charge in [0.1, 0.15) is 0 Å². The van der Waals surface area contributed by atoms with Gasteiger partial charge < -0.3 is 15.4 Å². The Hall–Kier alpha value is -1.62. The molecule has 2 amide bonds. The average molecular weight is 291 g/mol. The van der Waals surface area contributed by atoms with Crippen LogP contribution in [0.25, 0.3) is 0 Å². The van der Waals surface area contributed by atoms with Gasteiger partial charge in [-0.2, -0.15) is 0 Å². The number of carbonyl (C=O) groups excluding carboxylic acids is 1. The van der Waals surface area contributed by atoms with Crippen molar-refractivity contribution in [3.05, 3.63) is 30.1 Å². The summed E-state index contributed by atoms with van der Waals surface area (Å²) in [7, 11) is 0. The van der Waals surface area contributed by atoms with Gasteiger partial charge in [0.05, 0.1) is 12.1 Å². The Morgan fingerprint density at radius 2 is 2.29 bits per heavy atom. The van der Waals surface area contributed by atoms with Gasteiger partial charge in [-0.15, -0.1) is 0 Å². The van der Waals surface area contributed by atoms with Crippen LogP contribution in [0.4, 0.5) is 4.79 Å². The second kappa shape index (κ2) is 7.41. The molecule has 116 valence electrons. The summed E-state index contributed by atoms with van der Waals surface area (Å²) < 4.78 is 5.73. The van der Waals surface area contributed by atoms with Crippen LogP contribution in [0.5, 0.6) is 0 Å². The zero-order chi connectivity index (χ0) is 15.2. The molecule has 1 saturated heterocycles. The van der Waals surface area contributed by atoms with E-state index in [1.807, 2.05) is 19.1 Å². The minimum absolute atomic E-state index is 0.0561. The highest BCUT2D eigenvalue weighted by molar-refractivity contribution is 5.74. The molecule has 1 aliphatic rings. The normalized spacial score (nSPS) is 23.0. The molecule has 0 spiro atoms. The van der Waals surface area contributed by atoms with Crippen molar-refractivity contribution >= 4 is 6.03 Å². The molecule has 5 nitrogen and oxygen atoms in total. The quantitative estimate of drug-likeness (QED) is 0.876. The molecule has 21 heavy (non-hydrogen) atoms. The number of aromatic nitrogens is 1. The molecule has 2 rings (SSSR count). The smallest absolute Gasteiger partial charge is 0.315 e. The number of ether oxygens (including phenoxy) is 1. The minimum atomic E-state index is -0.138. The molecule has 2 heterocycles. The Labute approximate surface area is 126 Å². The highest BCUT2D eigenvalue weighted by atomic mass is 16.5. The van der Waals surface area contributed by atoms with Crippen molar-refractivity contribution in [1.82, 2.24) is 15.6 Å². The van der Waals surface area contributed by atoms with Crippen molar-refractivity contribution in [3.8, 4) is 0 Å². The summed E-state index contributed by atoms with van der Waals surface area (Å²) in [5.41, 5.74) is 0.997. The molecule has 0 unspecified atom stereocenters. The average Bonchev–Trinajstić information content (AvgIpc) is 2.94. The van der Waals surface area contributed by atoms with Gasteiger partial charge >= 0.3 is 6.03 Å². The molecule has 2 N–H and O–H groups in total. The molecule has 0 bridgehead atoms. The van der Waals surface area contributed by atoms with Gasteiger partial charge in [0.15, 0.2) is 0 Å². The third-order valence-electron chi connectivity index (χ3n) is 3.98. The number of urea groups is 1. The predicted octanol–water partition coefficient (Wildman–Crippen LogP) is 2.50.